The zero-order valence-corrected chi connectivity index (χ0v) is 9.62. The smallest absolute Gasteiger partial charge is 0.149 e. The second kappa shape index (κ2) is 5.47. The Morgan fingerprint density at radius 1 is 1.21 bits per heavy atom. The van der Waals surface area contributed by atoms with Gasteiger partial charge in [-0.05, 0) is 53.5 Å². The Hall–Kier alpha value is -0.410. The van der Waals surface area contributed by atoms with Crippen LogP contribution < -0.4 is 0 Å². The van der Waals surface area contributed by atoms with Crippen LogP contribution in [0, 0.1) is 5.92 Å². The van der Waals surface area contributed by atoms with Crippen molar-refractivity contribution in [3.63, 3.8) is 0 Å². The van der Waals surface area contributed by atoms with Gasteiger partial charge in [0.15, 0.2) is 0 Å². The molecule has 0 radical (unpaired) electrons. The molecule has 0 N–H and O–H groups in total. The highest BCUT2D eigenvalue weighted by Gasteiger charge is 2.29. The summed E-state index contributed by atoms with van der Waals surface area (Å²) in [5, 5.41) is 0. The van der Waals surface area contributed by atoms with Gasteiger partial charge in [0.05, 0.1) is 6.54 Å². The van der Waals surface area contributed by atoms with Crippen molar-refractivity contribution in [2.24, 2.45) is 5.92 Å². The van der Waals surface area contributed by atoms with Crippen LogP contribution in [0.4, 0.5) is 0 Å². The van der Waals surface area contributed by atoms with Crippen LogP contribution in [-0.2, 0) is 4.79 Å². The maximum absolute atomic E-state index is 11.5. The molecule has 0 saturated heterocycles. The summed E-state index contributed by atoms with van der Waals surface area (Å²) in [5.74, 6) is 0.851. The van der Waals surface area contributed by atoms with Gasteiger partial charge in [-0.3, -0.25) is 9.69 Å². The van der Waals surface area contributed by atoms with E-state index in [0.29, 0.717) is 18.2 Å². The Kier molecular flexibility index (Phi) is 4.55. The van der Waals surface area contributed by atoms with E-state index in [4.69, 9.17) is 0 Å². The fraction of sp³-hybridized carbons (Fsp3) is 0.909. The van der Waals surface area contributed by atoms with Crippen LogP contribution >= 0.6 is 0 Å². The van der Waals surface area contributed by atoms with E-state index >= 15 is 0 Å². The molecule has 0 aliphatic heterocycles. The number of likely N-dealkylation sites (N-methyl/N-ethyl adjacent to an activating group) is 1. The van der Waals surface area contributed by atoms with Crippen LogP contribution in [0.15, 0.2) is 0 Å². The highest BCUT2D eigenvalue weighted by atomic mass is 16.1. The standard InChI is InChI=1S/C11H22N2O/c1-12(2)7-4-8-13(3)9-11(14)10-5-6-10/h10H,4-9H2,1-3H3. The third kappa shape index (κ3) is 4.72. The molecule has 0 unspecified atom stereocenters. The van der Waals surface area contributed by atoms with Crippen molar-refractivity contribution in [1.82, 2.24) is 9.80 Å². The second-order valence-electron chi connectivity index (χ2n) is 4.64. The molecule has 3 heteroatoms. The minimum absolute atomic E-state index is 0.409. The molecule has 0 spiro atoms. The van der Waals surface area contributed by atoms with Gasteiger partial charge >= 0.3 is 0 Å². The summed E-state index contributed by atoms with van der Waals surface area (Å²) in [7, 11) is 6.20. The van der Waals surface area contributed by atoms with Crippen molar-refractivity contribution in [1.29, 1.82) is 0 Å². The lowest BCUT2D eigenvalue weighted by atomic mass is 10.2. The van der Waals surface area contributed by atoms with E-state index in [9.17, 15) is 4.79 Å². The summed E-state index contributed by atoms with van der Waals surface area (Å²) in [6.45, 7) is 2.77. The van der Waals surface area contributed by atoms with Gasteiger partial charge in [0.1, 0.15) is 5.78 Å². The molecular weight excluding hydrogens is 176 g/mol. The van der Waals surface area contributed by atoms with E-state index in [-0.39, 0.29) is 0 Å². The highest BCUT2D eigenvalue weighted by molar-refractivity contribution is 5.84. The van der Waals surface area contributed by atoms with Crippen LogP contribution in [0.5, 0.6) is 0 Å². The first-order valence-corrected chi connectivity index (χ1v) is 5.45. The van der Waals surface area contributed by atoms with Gasteiger partial charge in [0.25, 0.3) is 0 Å². The molecule has 0 bridgehead atoms. The Balaban J connectivity index is 2.03. The fourth-order valence-electron chi connectivity index (χ4n) is 1.54. The Bertz CT molecular complexity index is 188. The monoisotopic (exact) mass is 198 g/mol. The summed E-state index contributed by atoms with van der Waals surface area (Å²) in [5.41, 5.74) is 0. The highest BCUT2D eigenvalue weighted by Crippen LogP contribution is 2.29. The van der Waals surface area contributed by atoms with Gasteiger partial charge in [-0.15, -0.1) is 0 Å². The van der Waals surface area contributed by atoms with E-state index in [0.717, 1.165) is 32.4 Å². The maximum Gasteiger partial charge on any atom is 0.149 e. The fourth-order valence-corrected chi connectivity index (χ4v) is 1.54. The van der Waals surface area contributed by atoms with E-state index in [1.807, 2.05) is 7.05 Å². The zero-order chi connectivity index (χ0) is 10.6. The van der Waals surface area contributed by atoms with Crippen LogP contribution in [0.25, 0.3) is 0 Å². The molecule has 0 aromatic carbocycles. The Morgan fingerprint density at radius 3 is 2.36 bits per heavy atom. The molecule has 1 saturated carbocycles. The number of carbonyl (C=O) groups excluding carboxylic acids is 1. The molecule has 1 fully saturated rings. The summed E-state index contributed by atoms with van der Waals surface area (Å²) < 4.78 is 0. The number of carbonyl (C=O) groups is 1. The first-order valence-electron chi connectivity index (χ1n) is 5.45. The van der Waals surface area contributed by atoms with Crippen molar-refractivity contribution in [2.45, 2.75) is 19.3 Å². The summed E-state index contributed by atoms with van der Waals surface area (Å²) in [6, 6.07) is 0. The van der Waals surface area contributed by atoms with Gasteiger partial charge < -0.3 is 4.90 Å². The van der Waals surface area contributed by atoms with Crippen LogP contribution in [0.3, 0.4) is 0 Å². The predicted molar refractivity (Wildman–Crippen MR) is 58.4 cm³/mol. The van der Waals surface area contributed by atoms with Crippen molar-refractivity contribution in [2.75, 3.05) is 40.8 Å². The van der Waals surface area contributed by atoms with E-state index < -0.39 is 0 Å². The zero-order valence-electron chi connectivity index (χ0n) is 9.62. The van der Waals surface area contributed by atoms with Gasteiger partial charge in [-0.1, -0.05) is 0 Å². The van der Waals surface area contributed by atoms with E-state index in [2.05, 4.69) is 23.9 Å². The Morgan fingerprint density at radius 2 is 1.86 bits per heavy atom. The van der Waals surface area contributed by atoms with E-state index in [1.165, 1.54) is 0 Å². The van der Waals surface area contributed by atoms with Crippen molar-refractivity contribution < 1.29 is 4.79 Å². The normalized spacial score (nSPS) is 16.6. The molecule has 0 aromatic heterocycles. The molecule has 0 atom stereocenters. The summed E-state index contributed by atoms with van der Waals surface area (Å²) >= 11 is 0. The lowest BCUT2D eigenvalue weighted by Gasteiger charge is -2.17. The predicted octanol–water partition coefficient (Wildman–Crippen LogP) is 0.849. The topological polar surface area (TPSA) is 23.6 Å². The van der Waals surface area contributed by atoms with Gasteiger partial charge in [-0.2, -0.15) is 0 Å². The number of hydrogen-bond acceptors (Lipinski definition) is 3. The molecule has 0 heterocycles. The minimum atomic E-state index is 0.409. The molecule has 0 amide bonds. The lowest BCUT2D eigenvalue weighted by molar-refractivity contribution is -0.121. The number of Topliss-reactive ketones (excluding diaryl/α,β-unsaturated/α-hetero) is 1. The molecule has 0 aromatic rings. The van der Waals surface area contributed by atoms with Gasteiger partial charge in [0, 0.05) is 5.92 Å². The number of rotatable bonds is 7. The number of nitrogens with zero attached hydrogens (tertiary/aromatic N) is 2. The van der Waals surface area contributed by atoms with Gasteiger partial charge in [0.2, 0.25) is 0 Å². The van der Waals surface area contributed by atoms with E-state index in [1.54, 1.807) is 0 Å². The largest absolute Gasteiger partial charge is 0.309 e. The SMILES string of the molecule is CN(C)CCCN(C)CC(=O)C1CC1. The first kappa shape index (κ1) is 11.7. The minimum Gasteiger partial charge on any atom is -0.309 e. The summed E-state index contributed by atoms with van der Waals surface area (Å²) in [6.07, 6.45) is 3.40. The van der Waals surface area contributed by atoms with Crippen molar-refractivity contribution in [3.8, 4) is 0 Å². The first-order chi connectivity index (χ1) is 6.59. The molecule has 1 aliphatic rings. The summed E-state index contributed by atoms with van der Waals surface area (Å²) in [4.78, 5) is 15.8. The molecule has 82 valence electrons. The lowest BCUT2D eigenvalue weighted by Crippen LogP contribution is -2.29. The number of ketones is 1. The quantitative estimate of drug-likeness (QED) is 0.606. The maximum atomic E-state index is 11.5. The Labute approximate surface area is 87.1 Å². The van der Waals surface area contributed by atoms with Crippen molar-refractivity contribution in [3.05, 3.63) is 0 Å². The molecule has 14 heavy (non-hydrogen) atoms. The molecule has 3 nitrogen and oxygen atoms in total. The van der Waals surface area contributed by atoms with Crippen molar-refractivity contribution >= 4 is 5.78 Å². The third-order valence-corrected chi connectivity index (χ3v) is 2.60. The van der Waals surface area contributed by atoms with Crippen LogP contribution in [0.2, 0.25) is 0 Å². The molecule has 1 aliphatic carbocycles. The van der Waals surface area contributed by atoms with Crippen LogP contribution in [-0.4, -0.2) is 56.4 Å². The average Bonchev–Trinajstić information content (AvgIpc) is 2.84. The third-order valence-electron chi connectivity index (χ3n) is 2.60. The second-order valence-corrected chi connectivity index (χ2v) is 4.64. The van der Waals surface area contributed by atoms with Crippen LogP contribution in [0.1, 0.15) is 19.3 Å². The number of hydrogen-bond donors (Lipinski definition) is 0. The molecular formula is C11H22N2O. The molecule has 1 rings (SSSR count). The van der Waals surface area contributed by atoms with Gasteiger partial charge in [-0.25, -0.2) is 0 Å². The average molecular weight is 198 g/mol.